The predicted octanol–water partition coefficient (Wildman–Crippen LogP) is 1.86. The van der Waals surface area contributed by atoms with E-state index < -0.39 is 6.23 Å². The molecule has 2 amide bonds. The molecule has 2 aromatic rings. The fourth-order valence-electron chi connectivity index (χ4n) is 3.63. The highest BCUT2D eigenvalue weighted by atomic mass is 19.1. The van der Waals surface area contributed by atoms with Gasteiger partial charge in [0, 0.05) is 36.3 Å². The summed E-state index contributed by atoms with van der Waals surface area (Å²) in [5.41, 5.74) is 2.42. The monoisotopic (exact) mass is 370 g/mol. The summed E-state index contributed by atoms with van der Waals surface area (Å²) >= 11 is 0. The maximum Gasteiger partial charge on any atom is 0.272 e. The van der Waals surface area contributed by atoms with Gasteiger partial charge in [0.15, 0.2) is 6.23 Å². The summed E-state index contributed by atoms with van der Waals surface area (Å²) in [5.74, 6) is -0.482. The molecule has 1 unspecified atom stereocenters. The zero-order chi connectivity index (χ0) is 19.1. The van der Waals surface area contributed by atoms with Crippen LogP contribution in [-0.2, 0) is 13.1 Å². The lowest BCUT2D eigenvalue weighted by atomic mass is 10.1. The Morgan fingerprint density at radius 1 is 1.30 bits per heavy atom. The maximum atomic E-state index is 13.6. The molecule has 8 heteroatoms. The summed E-state index contributed by atoms with van der Waals surface area (Å²) in [7, 11) is 0. The molecule has 0 radical (unpaired) electrons. The van der Waals surface area contributed by atoms with Gasteiger partial charge in [-0.3, -0.25) is 14.3 Å². The third kappa shape index (κ3) is 2.73. The van der Waals surface area contributed by atoms with Crippen LogP contribution in [0.25, 0.3) is 0 Å². The van der Waals surface area contributed by atoms with E-state index in [1.165, 1.54) is 9.58 Å². The number of hydrogen-bond donors (Lipinski definition) is 1. The number of carbonyl (C=O) groups excluding carboxylic acids is 2. The first kappa shape index (κ1) is 17.4. The fourth-order valence-corrected chi connectivity index (χ4v) is 3.63. The van der Waals surface area contributed by atoms with E-state index >= 15 is 0 Å². The van der Waals surface area contributed by atoms with Gasteiger partial charge in [-0.25, -0.2) is 4.39 Å². The SMILES string of the molecule is CCN1Cc2cnn(C/C(=C/F)CN3C(=O)c4ccccc4C3O)c2C1=O. The van der Waals surface area contributed by atoms with E-state index in [2.05, 4.69) is 5.10 Å². The maximum absolute atomic E-state index is 13.6. The van der Waals surface area contributed by atoms with Crippen LogP contribution in [0.2, 0.25) is 0 Å². The number of fused-ring (bicyclic) bond motifs is 2. The van der Waals surface area contributed by atoms with Gasteiger partial charge in [0.1, 0.15) is 5.69 Å². The lowest BCUT2D eigenvalue weighted by Gasteiger charge is -2.22. The normalized spacial score (nSPS) is 19.1. The van der Waals surface area contributed by atoms with E-state index in [9.17, 15) is 19.1 Å². The Morgan fingerprint density at radius 2 is 2.07 bits per heavy atom. The Balaban J connectivity index is 1.53. The molecule has 140 valence electrons. The molecule has 2 aliphatic heterocycles. The first-order valence-electron chi connectivity index (χ1n) is 8.75. The first-order chi connectivity index (χ1) is 13.0. The van der Waals surface area contributed by atoms with E-state index in [0.29, 0.717) is 36.2 Å². The second kappa shape index (κ2) is 6.62. The van der Waals surface area contributed by atoms with Crippen molar-refractivity contribution in [1.82, 2.24) is 19.6 Å². The summed E-state index contributed by atoms with van der Waals surface area (Å²) in [6.45, 7) is 2.92. The van der Waals surface area contributed by atoms with Crippen molar-refractivity contribution in [2.24, 2.45) is 0 Å². The van der Waals surface area contributed by atoms with Crippen LogP contribution in [0, 0.1) is 0 Å². The quantitative estimate of drug-likeness (QED) is 0.871. The molecular formula is C19H19FN4O3. The summed E-state index contributed by atoms with van der Waals surface area (Å²) < 4.78 is 15.0. The van der Waals surface area contributed by atoms with Crippen molar-refractivity contribution in [3.8, 4) is 0 Å². The number of aliphatic hydroxyl groups excluding tert-OH is 1. The molecule has 1 aromatic heterocycles. The number of halogens is 1. The van der Waals surface area contributed by atoms with Gasteiger partial charge < -0.3 is 14.9 Å². The number of rotatable bonds is 5. The second-order valence-corrected chi connectivity index (χ2v) is 6.66. The summed E-state index contributed by atoms with van der Waals surface area (Å²) in [6.07, 6.45) is 0.905. The molecule has 7 nitrogen and oxygen atoms in total. The van der Waals surface area contributed by atoms with Crippen LogP contribution < -0.4 is 0 Å². The van der Waals surface area contributed by atoms with Crippen LogP contribution in [0.3, 0.4) is 0 Å². The summed E-state index contributed by atoms with van der Waals surface area (Å²) in [5, 5.41) is 14.6. The van der Waals surface area contributed by atoms with Crippen molar-refractivity contribution in [2.45, 2.75) is 26.2 Å². The van der Waals surface area contributed by atoms with Crippen molar-refractivity contribution in [1.29, 1.82) is 0 Å². The minimum atomic E-state index is -1.12. The number of aliphatic hydroxyl groups is 1. The van der Waals surface area contributed by atoms with Gasteiger partial charge in [-0.2, -0.15) is 5.10 Å². The zero-order valence-electron chi connectivity index (χ0n) is 14.8. The lowest BCUT2D eigenvalue weighted by molar-refractivity contribution is 0.0214. The molecule has 4 rings (SSSR count). The molecule has 0 spiro atoms. The minimum Gasteiger partial charge on any atom is -0.369 e. The Hall–Kier alpha value is -3.00. The van der Waals surface area contributed by atoms with Crippen molar-refractivity contribution in [2.75, 3.05) is 13.1 Å². The molecule has 1 atom stereocenters. The molecule has 0 saturated heterocycles. The van der Waals surface area contributed by atoms with Gasteiger partial charge in [0.05, 0.1) is 19.1 Å². The molecule has 0 bridgehead atoms. The Kier molecular flexibility index (Phi) is 4.27. The van der Waals surface area contributed by atoms with Crippen LogP contribution >= 0.6 is 0 Å². The van der Waals surface area contributed by atoms with Gasteiger partial charge in [-0.1, -0.05) is 18.2 Å². The molecule has 0 fully saturated rings. The van der Waals surface area contributed by atoms with Gasteiger partial charge in [-0.05, 0) is 18.6 Å². The largest absolute Gasteiger partial charge is 0.369 e. The number of carbonyl (C=O) groups is 2. The highest BCUT2D eigenvalue weighted by Crippen LogP contribution is 2.32. The van der Waals surface area contributed by atoms with Gasteiger partial charge in [-0.15, -0.1) is 0 Å². The van der Waals surface area contributed by atoms with E-state index in [4.69, 9.17) is 0 Å². The second-order valence-electron chi connectivity index (χ2n) is 6.66. The molecule has 27 heavy (non-hydrogen) atoms. The van der Waals surface area contributed by atoms with Crippen LogP contribution in [0.15, 0.2) is 42.4 Å². The predicted molar refractivity (Wildman–Crippen MR) is 94.3 cm³/mol. The van der Waals surface area contributed by atoms with Crippen LogP contribution in [0.4, 0.5) is 4.39 Å². The van der Waals surface area contributed by atoms with Crippen molar-refractivity contribution >= 4 is 11.8 Å². The highest BCUT2D eigenvalue weighted by Gasteiger charge is 2.36. The average Bonchev–Trinajstić information content (AvgIpc) is 3.30. The third-order valence-corrected chi connectivity index (χ3v) is 5.05. The molecule has 1 aromatic carbocycles. The number of hydrogen-bond acceptors (Lipinski definition) is 4. The summed E-state index contributed by atoms with van der Waals surface area (Å²) in [6, 6.07) is 6.77. The number of aromatic nitrogens is 2. The molecule has 0 aliphatic carbocycles. The van der Waals surface area contributed by atoms with Gasteiger partial charge >= 0.3 is 0 Å². The van der Waals surface area contributed by atoms with E-state index in [0.717, 1.165) is 5.56 Å². The first-order valence-corrected chi connectivity index (χ1v) is 8.75. The van der Waals surface area contributed by atoms with Crippen LogP contribution in [0.1, 0.15) is 45.1 Å². The third-order valence-electron chi connectivity index (χ3n) is 5.05. The van der Waals surface area contributed by atoms with Crippen molar-refractivity contribution in [3.63, 3.8) is 0 Å². The Labute approximate surface area is 155 Å². The van der Waals surface area contributed by atoms with Crippen molar-refractivity contribution < 1.29 is 19.1 Å². The van der Waals surface area contributed by atoms with Gasteiger partial charge in [0.2, 0.25) is 0 Å². The smallest absolute Gasteiger partial charge is 0.272 e. The minimum absolute atomic E-state index is 0.0297. The number of benzene rings is 1. The Morgan fingerprint density at radius 3 is 2.78 bits per heavy atom. The molecule has 0 saturated carbocycles. The topological polar surface area (TPSA) is 78.7 Å². The lowest BCUT2D eigenvalue weighted by Crippen LogP contribution is -2.31. The zero-order valence-corrected chi connectivity index (χ0v) is 14.8. The molecule has 2 aliphatic rings. The highest BCUT2D eigenvalue weighted by molar-refractivity contribution is 5.99. The standard InChI is InChI=1S/C19H19FN4O3/c1-2-22-11-13-8-21-24(16(13)19(22)27)10-12(7-20)9-23-17(25)14-5-3-4-6-15(14)18(23)26/h3-8,17,25H,2,9-11H2,1H3/b12-7+. The Bertz CT molecular complexity index is 952. The van der Waals surface area contributed by atoms with Crippen LogP contribution in [0.5, 0.6) is 0 Å². The van der Waals surface area contributed by atoms with E-state index in [1.54, 1.807) is 35.4 Å². The average molecular weight is 370 g/mol. The molecule has 1 N–H and O–H groups in total. The molecule has 3 heterocycles. The molecular weight excluding hydrogens is 351 g/mol. The van der Waals surface area contributed by atoms with Crippen LogP contribution in [-0.4, -0.2) is 49.6 Å². The van der Waals surface area contributed by atoms with Gasteiger partial charge in [0.25, 0.3) is 11.8 Å². The van der Waals surface area contributed by atoms with Crippen molar-refractivity contribution in [3.05, 3.63) is 64.7 Å². The number of nitrogens with zero attached hydrogens (tertiary/aromatic N) is 4. The number of amides is 2. The fraction of sp³-hybridized carbons (Fsp3) is 0.316. The summed E-state index contributed by atoms with van der Waals surface area (Å²) in [4.78, 5) is 27.8. The van der Waals surface area contributed by atoms with E-state index in [-0.39, 0.29) is 30.5 Å². The van der Waals surface area contributed by atoms with E-state index in [1.807, 2.05) is 6.92 Å².